The summed E-state index contributed by atoms with van der Waals surface area (Å²) in [6.45, 7) is 3.47. The predicted octanol–water partition coefficient (Wildman–Crippen LogP) is 1.58. The molecule has 23 heavy (non-hydrogen) atoms. The number of halogens is 1. The van der Waals surface area contributed by atoms with Crippen LogP contribution in [0.3, 0.4) is 0 Å². The Morgan fingerprint density at radius 2 is 2.13 bits per heavy atom. The molecule has 8 heteroatoms. The van der Waals surface area contributed by atoms with E-state index in [1.54, 1.807) is 13.8 Å². The van der Waals surface area contributed by atoms with Gasteiger partial charge in [-0.3, -0.25) is 14.7 Å². The molecule has 3 rings (SSSR count). The number of fused-ring (bicyclic) bond motifs is 1. The molecule has 0 aliphatic carbocycles. The number of H-pyrrole nitrogens is 2. The highest BCUT2D eigenvalue weighted by molar-refractivity contribution is 6.06. The van der Waals surface area contributed by atoms with Gasteiger partial charge in [0.15, 0.2) is 5.82 Å². The maximum Gasteiger partial charge on any atom is 0.252 e. The first-order valence-corrected chi connectivity index (χ1v) is 6.96. The topological polar surface area (TPSA) is 104 Å². The van der Waals surface area contributed by atoms with Gasteiger partial charge in [0.25, 0.3) is 5.91 Å². The van der Waals surface area contributed by atoms with Gasteiger partial charge in [0, 0.05) is 17.0 Å². The van der Waals surface area contributed by atoms with Crippen LogP contribution in [0.1, 0.15) is 35.0 Å². The number of benzene rings is 1. The lowest BCUT2D eigenvalue weighted by atomic mass is 10.1. The molecule has 7 nitrogen and oxygen atoms in total. The van der Waals surface area contributed by atoms with Crippen LogP contribution in [0.5, 0.6) is 0 Å². The van der Waals surface area contributed by atoms with Crippen LogP contribution >= 0.6 is 0 Å². The van der Waals surface area contributed by atoms with Gasteiger partial charge in [-0.15, -0.1) is 0 Å². The van der Waals surface area contributed by atoms with Crippen LogP contribution in [0.25, 0.3) is 10.9 Å². The van der Waals surface area contributed by atoms with E-state index < -0.39 is 23.3 Å². The van der Waals surface area contributed by atoms with Crippen molar-refractivity contribution < 1.29 is 9.18 Å². The number of amides is 1. The number of nitrogens with one attached hydrogen (secondary N) is 3. The fraction of sp³-hybridized carbons (Fsp3) is 0.200. The first kappa shape index (κ1) is 14.9. The minimum Gasteiger partial charge on any atom is -0.342 e. The van der Waals surface area contributed by atoms with Crippen molar-refractivity contribution in [2.45, 2.75) is 19.9 Å². The molecule has 3 aromatic rings. The highest BCUT2D eigenvalue weighted by atomic mass is 19.1. The second kappa shape index (κ2) is 5.64. The monoisotopic (exact) mass is 315 g/mol. The van der Waals surface area contributed by atoms with Gasteiger partial charge in [-0.05, 0) is 32.0 Å². The number of rotatable bonds is 3. The molecule has 0 aliphatic rings. The molecule has 2 aromatic heterocycles. The predicted molar refractivity (Wildman–Crippen MR) is 81.5 cm³/mol. The summed E-state index contributed by atoms with van der Waals surface area (Å²) in [5.41, 5.74) is 0.0587. The molecule has 1 amide bonds. The van der Waals surface area contributed by atoms with E-state index in [1.807, 2.05) is 0 Å². The van der Waals surface area contributed by atoms with Gasteiger partial charge in [0.1, 0.15) is 11.6 Å². The van der Waals surface area contributed by atoms with Gasteiger partial charge in [-0.1, -0.05) is 0 Å². The molecule has 1 aromatic carbocycles. The zero-order chi connectivity index (χ0) is 16.6. The van der Waals surface area contributed by atoms with Crippen molar-refractivity contribution in [3.8, 4) is 0 Å². The van der Waals surface area contributed by atoms with E-state index >= 15 is 0 Å². The Balaban J connectivity index is 1.97. The average Bonchev–Trinajstić information content (AvgIpc) is 2.93. The number of aryl methyl sites for hydroxylation is 1. The molecule has 0 bridgehead atoms. The minimum atomic E-state index is -0.498. The standard InChI is InChI=1S/C15H14FN5O2/c1-7(14-18-8(2)20-21-14)17-15(23)11-6-13(22)19-12-4-3-9(16)5-10(11)12/h3-7H,1-2H3,(H,17,23)(H,19,22)(H,18,20,21)/t7-/m1/s1. The van der Waals surface area contributed by atoms with Crippen molar-refractivity contribution in [3.05, 3.63) is 57.6 Å². The van der Waals surface area contributed by atoms with Crippen LogP contribution in [0.4, 0.5) is 4.39 Å². The molecule has 0 radical (unpaired) electrons. The first-order valence-electron chi connectivity index (χ1n) is 6.96. The summed E-state index contributed by atoms with van der Waals surface area (Å²) >= 11 is 0. The fourth-order valence-electron chi connectivity index (χ4n) is 2.31. The third kappa shape index (κ3) is 2.96. The molecule has 1 atom stereocenters. The Kier molecular flexibility index (Phi) is 3.65. The summed E-state index contributed by atoms with van der Waals surface area (Å²) in [4.78, 5) is 30.9. The van der Waals surface area contributed by atoms with Gasteiger partial charge in [0.05, 0.1) is 11.6 Å². The molecule has 3 N–H and O–H groups in total. The number of pyridine rings is 1. The Morgan fingerprint density at radius 1 is 1.35 bits per heavy atom. The zero-order valence-electron chi connectivity index (χ0n) is 12.5. The highest BCUT2D eigenvalue weighted by Crippen LogP contribution is 2.17. The Labute approximate surface area is 130 Å². The van der Waals surface area contributed by atoms with Crippen LogP contribution in [0.15, 0.2) is 29.1 Å². The van der Waals surface area contributed by atoms with Gasteiger partial charge in [0.2, 0.25) is 5.56 Å². The van der Waals surface area contributed by atoms with Crippen molar-refractivity contribution in [2.24, 2.45) is 0 Å². The summed E-state index contributed by atoms with van der Waals surface area (Å²) in [5.74, 6) is 0.0684. The zero-order valence-corrected chi connectivity index (χ0v) is 12.5. The number of hydrogen-bond acceptors (Lipinski definition) is 4. The molecule has 2 heterocycles. The normalized spacial score (nSPS) is 12.3. The number of aromatic amines is 2. The van der Waals surface area contributed by atoms with Gasteiger partial charge in [-0.2, -0.15) is 5.10 Å². The summed E-state index contributed by atoms with van der Waals surface area (Å²) < 4.78 is 13.5. The van der Waals surface area contributed by atoms with Crippen LogP contribution in [0.2, 0.25) is 0 Å². The smallest absolute Gasteiger partial charge is 0.252 e. The lowest BCUT2D eigenvalue weighted by Gasteiger charge is -2.12. The maximum absolute atomic E-state index is 13.5. The summed E-state index contributed by atoms with van der Waals surface area (Å²) in [6, 6.07) is 4.54. The minimum absolute atomic E-state index is 0.0994. The van der Waals surface area contributed by atoms with Crippen molar-refractivity contribution >= 4 is 16.8 Å². The van der Waals surface area contributed by atoms with Crippen LogP contribution in [0, 0.1) is 12.7 Å². The van der Waals surface area contributed by atoms with Crippen molar-refractivity contribution in [1.82, 2.24) is 25.5 Å². The fourth-order valence-corrected chi connectivity index (χ4v) is 2.31. The molecule has 0 saturated heterocycles. The number of nitrogens with zero attached hydrogens (tertiary/aromatic N) is 2. The van der Waals surface area contributed by atoms with E-state index in [2.05, 4.69) is 25.5 Å². The maximum atomic E-state index is 13.5. The molecular weight excluding hydrogens is 301 g/mol. The first-order chi connectivity index (χ1) is 10.9. The van der Waals surface area contributed by atoms with E-state index in [0.29, 0.717) is 22.6 Å². The van der Waals surface area contributed by atoms with Gasteiger partial charge >= 0.3 is 0 Å². The van der Waals surface area contributed by atoms with Gasteiger partial charge < -0.3 is 10.3 Å². The van der Waals surface area contributed by atoms with Crippen LogP contribution in [-0.4, -0.2) is 26.1 Å². The van der Waals surface area contributed by atoms with Gasteiger partial charge in [-0.25, -0.2) is 9.37 Å². The lowest BCUT2D eigenvalue weighted by molar-refractivity contribution is 0.0940. The van der Waals surface area contributed by atoms with E-state index in [9.17, 15) is 14.0 Å². The van der Waals surface area contributed by atoms with Crippen LogP contribution < -0.4 is 10.9 Å². The third-order valence-corrected chi connectivity index (χ3v) is 3.40. The quantitative estimate of drug-likeness (QED) is 0.682. The molecule has 0 fully saturated rings. The molecule has 0 unspecified atom stereocenters. The average molecular weight is 315 g/mol. The summed E-state index contributed by atoms with van der Waals surface area (Å²) in [6.07, 6.45) is 0. The van der Waals surface area contributed by atoms with Crippen molar-refractivity contribution in [3.63, 3.8) is 0 Å². The number of carbonyl (C=O) groups is 1. The Hall–Kier alpha value is -3.03. The number of hydrogen-bond donors (Lipinski definition) is 3. The highest BCUT2D eigenvalue weighted by Gasteiger charge is 2.17. The van der Waals surface area contributed by atoms with E-state index in [1.165, 1.54) is 18.2 Å². The molecule has 0 saturated carbocycles. The second-order valence-corrected chi connectivity index (χ2v) is 5.21. The summed E-state index contributed by atoms with van der Waals surface area (Å²) in [5, 5.41) is 9.71. The largest absolute Gasteiger partial charge is 0.342 e. The van der Waals surface area contributed by atoms with E-state index in [0.717, 1.165) is 6.07 Å². The molecule has 0 spiro atoms. The lowest BCUT2D eigenvalue weighted by Crippen LogP contribution is -2.28. The molecule has 118 valence electrons. The number of aromatic nitrogens is 4. The Bertz CT molecular complexity index is 946. The second-order valence-electron chi connectivity index (χ2n) is 5.21. The Morgan fingerprint density at radius 3 is 2.83 bits per heavy atom. The number of carbonyl (C=O) groups excluding carboxylic acids is 1. The molecular formula is C15H14FN5O2. The van der Waals surface area contributed by atoms with Crippen molar-refractivity contribution in [2.75, 3.05) is 0 Å². The summed E-state index contributed by atoms with van der Waals surface area (Å²) in [7, 11) is 0. The SMILES string of the molecule is Cc1nc([C@@H](C)NC(=O)c2cc(=O)[nH]c3ccc(F)cc23)n[nH]1. The van der Waals surface area contributed by atoms with Crippen molar-refractivity contribution in [1.29, 1.82) is 0 Å². The van der Waals surface area contributed by atoms with Crippen LogP contribution in [-0.2, 0) is 0 Å². The van der Waals surface area contributed by atoms with E-state index in [-0.39, 0.29) is 5.56 Å². The third-order valence-electron chi connectivity index (χ3n) is 3.40. The molecule has 0 aliphatic heterocycles. The van der Waals surface area contributed by atoms with E-state index in [4.69, 9.17) is 0 Å².